The Kier molecular flexibility index (Phi) is 8.70. The van der Waals surface area contributed by atoms with Crippen molar-refractivity contribution in [2.45, 2.75) is 32.4 Å². The highest BCUT2D eigenvalue weighted by molar-refractivity contribution is 7.52. The van der Waals surface area contributed by atoms with Crippen LogP contribution in [0.2, 0.25) is 0 Å². The summed E-state index contributed by atoms with van der Waals surface area (Å²) in [7, 11) is -5.05. The van der Waals surface area contributed by atoms with Crippen molar-refractivity contribution >= 4 is 13.7 Å². The summed E-state index contributed by atoms with van der Waals surface area (Å²) in [6.07, 6.45) is -0.738. The standard InChI is InChI=1S/C24H21F5NO5P/c1-14(2)33-24(31)17(13-15-9-5-3-6-10-15)30-36(32,34-16-11-7-4-8-12-16)35-23-21(28)19(26)18(25)20(27)22(23)29/h3-12,14,17H,13H2,1-2H3,(H,30,32)/t17-,36-/m0/s1. The molecule has 0 aliphatic carbocycles. The van der Waals surface area contributed by atoms with Gasteiger partial charge in [0.15, 0.2) is 0 Å². The topological polar surface area (TPSA) is 73.9 Å². The van der Waals surface area contributed by atoms with Gasteiger partial charge in [-0.1, -0.05) is 48.5 Å². The molecule has 1 N–H and O–H groups in total. The van der Waals surface area contributed by atoms with Crippen molar-refractivity contribution < 1.29 is 45.1 Å². The number of carbonyl (C=O) groups is 1. The largest absolute Gasteiger partial charge is 0.513 e. The summed E-state index contributed by atoms with van der Waals surface area (Å²) < 4.78 is 98.7. The molecule has 3 rings (SSSR count). The lowest BCUT2D eigenvalue weighted by atomic mass is 10.1. The number of para-hydroxylation sites is 1. The van der Waals surface area contributed by atoms with E-state index in [1.807, 2.05) is 0 Å². The molecule has 3 aromatic rings. The van der Waals surface area contributed by atoms with Gasteiger partial charge in [0.2, 0.25) is 34.8 Å². The van der Waals surface area contributed by atoms with Gasteiger partial charge in [-0.05, 0) is 38.0 Å². The first-order chi connectivity index (χ1) is 17.0. The zero-order chi connectivity index (χ0) is 26.5. The van der Waals surface area contributed by atoms with Gasteiger partial charge in [-0.2, -0.15) is 13.9 Å². The SMILES string of the molecule is CC(C)OC(=O)[C@H](Cc1ccccc1)N[P@](=O)(Oc1ccccc1)Oc1c(F)c(F)c(F)c(F)c1F. The Morgan fingerprint density at radius 3 is 1.83 bits per heavy atom. The lowest BCUT2D eigenvalue weighted by molar-refractivity contribution is -0.149. The summed E-state index contributed by atoms with van der Waals surface area (Å²) in [6.45, 7) is 3.12. The molecule has 0 fully saturated rings. The van der Waals surface area contributed by atoms with Crippen molar-refractivity contribution in [3.05, 3.63) is 95.3 Å². The van der Waals surface area contributed by atoms with Crippen LogP contribution in [0.4, 0.5) is 22.0 Å². The Bertz CT molecular complexity index is 1230. The fourth-order valence-electron chi connectivity index (χ4n) is 3.01. The average molecular weight is 529 g/mol. The quantitative estimate of drug-likeness (QED) is 0.113. The second-order valence-electron chi connectivity index (χ2n) is 7.75. The third-order valence-corrected chi connectivity index (χ3v) is 6.08. The third-order valence-electron chi connectivity index (χ3n) is 4.58. The van der Waals surface area contributed by atoms with Gasteiger partial charge >= 0.3 is 13.7 Å². The molecule has 0 saturated carbocycles. The van der Waals surface area contributed by atoms with Crippen LogP contribution in [0.3, 0.4) is 0 Å². The highest BCUT2D eigenvalue weighted by Gasteiger charge is 2.39. The average Bonchev–Trinajstić information content (AvgIpc) is 2.85. The fourth-order valence-corrected chi connectivity index (χ4v) is 4.53. The number of ether oxygens (including phenoxy) is 1. The van der Waals surface area contributed by atoms with Gasteiger partial charge in [0.05, 0.1) is 6.10 Å². The molecule has 0 amide bonds. The van der Waals surface area contributed by atoms with Gasteiger partial charge in [0, 0.05) is 0 Å². The minimum absolute atomic E-state index is 0.144. The molecule has 0 bridgehead atoms. The van der Waals surface area contributed by atoms with Crippen molar-refractivity contribution in [3.8, 4) is 11.5 Å². The van der Waals surface area contributed by atoms with Crippen LogP contribution in [0.25, 0.3) is 0 Å². The Balaban J connectivity index is 2.05. The number of benzene rings is 3. The predicted octanol–water partition coefficient (Wildman–Crippen LogP) is 6.10. The summed E-state index contributed by atoms with van der Waals surface area (Å²) in [5.41, 5.74) is 0.568. The zero-order valence-corrected chi connectivity index (χ0v) is 19.9. The van der Waals surface area contributed by atoms with E-state index in [0.717, 1.165) is 0 Å². The molecule has 3 aromatic carbocycles. The maximum Gasteiger partial charge on any atom is 0.513 e. The van der Waals surface area contributed by atoms with Crippen LogP contribution in [-0.2, 0) is 20.5 Å². The Labute approximate surface area is 203 Å². The monoisotopic (exact) mass is 529 g/mol. The van der Waals surface area contributed by atoms with Crippen molar-refractivity contribution in [3.63, 3.8) is 0 Å². The summed E-state index contributed by atoms with van der Waals surface area (Å²) in [5.74, 6) is -14.7. The Morgan fingerprint density at radius 1 is 0.806 bits per heavy atom. The fraction of sp³-hybridized carbons (Fsp3) is 0.208. The van der Waals surface area contributed by atoms with E-state index in [9.17, 15) is 31.3 Å². The molecule has 0 heterocycles. The number of rotatable bonds is 10. The van der Waals surface area contributed by atoms with Crippen LogP contribution in [-0.4, -0.2) is 18.1 Å². The lowest BCUT2D eigenvalue weighted by Gasteiger charge is -2.26. The number of hydrogen-bond acceptors (Lipinski definition) is 5. The van der Waals surface area contributed by atoms with Crippen molar-refractivity contribution in [1.29, 1.82) is 0 Å². The smallest absolute Gasteiger partial charge is 0.462 e. The van der Waals surface area contributed by atoms with E-state index in [1.54, 1.807) is 50.2 Å². The molecule has 36 heavy (non-hydrogen) atoms. The van der Waals surface area contributed by atoms with E-state index in [0.29, 0.717) is 5.56 Å². The zero-order valence-electron chi connectivity index (χ0n) is 19.0. The molecular weight excluding hydrogens is 508 g/mol. The summed E-state index contributed by atoms with van der Waals surface area (Å²) in [4.78, 5) is 12.8. The van der Waals surface area contributed by atoms with Crippen LogP contribution >= 0.6 is 7.75 Å². The molecule has 12 heteroatoms. The number of hydrogen-bond donors (Lipinski definition) is 1. The maximum absolute atomic E-state index is 14.3. The minimum Gasteiger partial charge on any atom is -0.462 e. The molecule has 0 aliphatic rings. The van der Waals surface area contributed by atoms with Crippen molar-refractivity contribution in [1.82, 2.24) is 5.09 Å². The number of esters is 1. The molecule has 0 saturated heterocycles. The first-order valence-electron chi connectivity index (χ1n) is 10.6. The highest BCUT2D eigenvalue weighted by atomic mass is 31.2. The highest BCUT2D eigenvalue weighted by Crippen LogP contribution is 2.47. The van der Waals surface area contributed by atoms with Gasteiger partial charge in [0.25, 0.3) is 0 Å². The normalized spacial score (nSPS) is 13.7. The molecule has 0 aromatic heterocycles. The van der Waals surface area contributed by atoms with E-state index in [-0.39, 0.29) is 12.2 Å². The van der Waals surface area contributed by atoms with Gasteiger partial charge in [-0.25, -0.2) is 17.7 Å². The van der Waals surface area contributed by atoms with E-state index < -0.39 is 60.7 Å². The minimum atomic E-state index is -5.05. The molecule has 0 unspecified atom stereocenters. The molecule has 0 aliphatic heterocycles. The maximum atomic E-state index is 14.3. The second kappa shape index (κ2) is 11.5. The number of carbonyl (C=O) groups excluding carboxylic acids is 1. The first kappa shape index (κ1) is 27.2. The predicted molar refractivity (Wildman–Crippen MR) is 120 cm³/mol. The van der Waals surface area contributed by atoms with Gasteiger partial charge in [-0.3, -0.25) is 4.79 Å². The van der Waals surface area contributed by atoms with E-state index in [4.69, 9.17) is 13.8 Å². The Morgan fingerprint density at radius 2 is 1.31 bits per heavy atom. The second-order valence-corrected chi connectivity index (χ2v) is 9.37. The Hall–Kier alpha value is -3.43. The third kappa shape index (κ3) is 6.61. The molecule has 0 radical (unpaired) electrons. The number of nitrogens with one attached hydrogen (secondary N) is 1. The molecule has 2 atom stereocenters. The van der Waals surface area contributed by atoms with E-state index in [1.165, 1.54) is 24.3 Å². The van der Waals surface area contributed by atoms with Gasteiger partial charge < -0.3 is 13.8 Å². The van der Waals surface area contributed by atoms with Crippen LogP contribution in [0.5, 0.6) is 11.5 Å². The first-order valence-corrected chi connectivity index (χ1v) is 12.1. The van der Waals surface area contributed by atoms with Crippen LogP contribution < -0.4 is 14.1 Å². The number of halogens is 5. The van der Waals surface area contributed by atoms with Gasteiger partial charge in [0.1, 0.15) is 11.8 Å². The molecule has 0 spiro atoms. The van der Waals surface area contributed by atoms with E-state index >= 15 is 0 Å². The molecule has 192 valence electrons. The molecular formula is C24H21F5NO5P. The summed E-state index contributed by atoms with van der Waals surface area (Å²) >= 11 is 0. The van der Waals surface area contributed by atoms with Crippen LogP contribution in [0.15, 0.2) is 60.7 Å². The van der Waals surface area contributed by atoms with E-state index in [2.05, 4.69) is 5.09 Å². The van der Waals surface area contributed by atoms with Crippen LogP contribution in [0, 0.1) is 29.1 Å². The van der Waals surface area contributed by atoms with Crippen LogP contribution in [0.1, 0.15) is 19.4 Å². The van der Waals surface area contributed by atoms with Crippen molar-refractivity contribution in [2.24, 2.45) is 0 Å². The van der Waals surface area contributed by atoms with Crippen molar-refractivity contribution in [2.75, 3.05) is 0 Å². The molecule has 6 nitrogen and oxygen atoms in total. The summed E-state index contributed by atoms with van der Waals surface area (Å²) in [5, 5.41) is 2.25. The summed E-state index contributed by atoms with van der Waals surface area (Å²) in [6, 6.07) is 14.0. The van der Waals surface area contributed by atoms with Gasteiger partial charge in [-0.15, -0.1) is 0 Å². The lowest BCUT2D eigenvalue weighted by Crippen LogP contribution is -2.41.